The van der Waals surface area contributed by atoms with E-state index < -0.39 is 17.5 Å². The van der Waals surface area contributed by atoms with Gasteiger partial charge in [-0.25, -0.2) is 4.39 Å². The average Bonchev–Trinajstić information content (AvgIpc) is 2.22. The maximum Gasteiger partial charge on any atom is 0.183 e. The number of carbonyl (C=O) groups is 1. The van der Waals surface area contributed by atoms with E-state index in [1.165, 1.54) is 12.1 Å². The van der Waals surface area contributed by atoms with Gasteiger partial charge in [-0.15, -0.1) is 0 Å². The number of hydrogen-bond acceptors (Lipinski definition) is 2. The Kier molecular flexibility index (Phi) is 3.78. The molecule has 0 radical (unpaired) electrons. The maximum absolute atomic E-state index is 13.4. The predicted molar refractivity (Wildman–Crippen MR) is 59.4 cm³/mol. The molecule has 0 heterocycles. The third-order valence-electron chi connectivity index (χ3n) is 2.48. The van der Waals surface area contributed by atoms with Crippen molar-refractivity contribution in [3.05, 3.63) is 35.1 Å². The van der Waals surface area contributed by atoms with Crippen LogP contribution in [0, 0.1) is 35.9 Å². The Morgan fingerprint density at radius 2 is 2.06 bits per heavy atom. The van der Waals surface area contributed by atoms with Crippen LogP contribution in [0.2, 0.25) is 0 Å². The molecular formula is C13H14FNO. The SMILES string of the molecule is Cc1ccc(F)c(C(=O)C(C#N)C(C)C)c1. The lowest BCUT2D eigenvalue weighted by molar-refractivity contribution is 0.0920. The molecule has 0 amide bonds. The van der Waals surface area contributed by atoms with Crippen LogP contribution < -0.4 is 0 Å². The van der Waals surface area contributed by atoms with E-state index >= 15 is 0 Å². The van der Waals surface area contributed by atoms with Crippen molar-refractivity contribution in [2.24, 2.45) is 11.8 Å². The minimum atomic E-state index is -0.781. The fourth-order valence-corrected chi connectivity index (χ4v) is 1.51. The van der Waals surface area contributed by atoms with Crippen molar-refractivity contribution in [3.8, 4) is 6.07 Å². The van der Waals surface area contributed by atoms with Gasteiger partial charge in [0.05, 0.1) is 11.6 Å². The third-order valence-corrected chi connectivity index (χ3v) is 2.48. The van der Waals surface area contributed by atoms with E-state index in [2.05, 4.69) is 0 Å². The highest BCUT2D eigenvalue weighted by molar-refractivity contribution is 5.99. The average molecular weight is 219 g/mol. The second-order valence-corrected chi connectivity index (χ2v) is 4.20. The molecule has 0 aromatic heterocycles. The number of hydrogen-bond donors (Lipinski definition) is 0. The number of ketones is 1. The minimum absolute atomic E-state index is 0.0141. The molecule has 0 spiro atoms. The van der Waals surface area contributed by atoms with Crippen molar-refractivity contribution < 1.29 is 9.18 Å². The summed E-state index contributed by atoms with van der Waals surface area (Å²) in [7, 11) is 0. The largest absolute Gasteiger partial charge is 0.293 e. The monoisotopic (exact) mass is 219 g/mol. The van der Waals surface area contributed by atoms with Gasteiger partial charge in [-0.2, -0.15) is 5.26 Å². The first kappa shape index (κ1) is 12.4. The molecule has 0 aliphatic rings. The van der Waals surface area contributed by atoms with Crippen LogP contribution in [0.25, 0.3) is 0 Å². The van der Waals surface area contributed by atoms with Crippen LogP contribution in [-0.4, -0.2) is 5.78 Å². The molecule has 84 valence electrons. The Balaban J connectivity index is 3.14. The number of carbonyl (C=O) groups excluding carboxylic acids is 1. The number of halogens is 1. The number of benzene rings is 1. The van der Waals surface area contributed by atoms with Crippen molar-refractivity contribution in [1.82, 2.24) is 0 Å². The molecule has 1 unspecified atom stereocenters. The maximum atomic E-state index is 13.4. The predicted octanol–water partition coefficient (Wildman–Crippen LogP) is 3.11. The molecule has 0 saturated carbocycles. The van der Waals surface area contributed by atoms with Gasteiger partial charge in [-0.3, -0.25) is 4.79 Å². The van der Waals surface area contributed by atoms with E-state index in [-0.39, 0.29) is 11.5 Å². The second kappa shape index (κ2) is 4.89. The lowest BCUT2D eigenvalue weighted by Gasteiger charge is -2.12. The molecule has 0 saturated heterocycles. The number of nitrogens with zero attached hydrogens (tertiary/aromatic N) is 1. The summed E-state index contributed by atoms with van der Waals surface area (Å²) in [5.74, 6) is -1.89. The van der Waals surface area contributed by atoms with Crippen molar-refractivity contribution in [1.29, 1.82) is 5.26 Å². The van der Waals surface area contributed by atoms with Crippen LogP contribution in [0.1, 0.15) is 29.8 Å². The second-order valence-electron chi connectivity index (χ2n) is 4.20. The normalized spacial score (nSPS) is 12.2. The van der Waals surface area contributed by atoms with Gasteiger partial charge in [0.25, 0.3) is 0 Å². The zero-order chi connectivity index (χ0) is 12.3. The van der Waals surface area contributed by atoms with Crippen LogP contribution in [0.15, 0.2) is 18.2 Å². The van der Waals surface area contributed by atoms with Crippen molar-refractivity contribution in [2.75, 3.05) is 0 Å². The molecule has 0 N–H and O–H groups in total. The molecule has 0 bridgehead atoms. The Morgan fingerprint density at radius 3 is 2.56 bits per heavy atom. The summed E-state index contributed by atoms with van der Waals surface area (Å²) < 4.78 is 13.4. The van der Waals surface area contributed by atoms with Gasteiger partial charge in [0.1, 0.15) is 11.7 Å². The molecule has 1 atom stereocenters. The van der Waals surface area contributed by atoms with Gasteiger partial charge in [0.15, 0.2) is 5.78 Å². The fraction of sp³-hybridized carbons (Fsp3) is 0.385. The van der Waals surface area contributed by atoms with Crippen molar-refractivity contribution >= 4 is 5.78 Å². The van der Waals surface area contributed by atoms with E-state index in [1.54, 1.807) is 26.8 Å². The fourth-order valence-electron chi connectivity index (χ4n) is 1.51. The smallest absolute Gasteiger partial charge is 0.183 e. The summed E-state index contributed by atoms with van der Waals surface area (Å²) >= 11 is 0. The van der Waals surface area contributed by atoms with Crippen LogP contribution in [0.5, 0.6) is 0 Å². The zero-order valence-corrected chi connectivity index (χ0v) is 9.62. The van der Waals surface area contributed by atoms with E-state index in [9.17, 15) is 9.18 Å². The summed E-state index contributed by atoms with van der Waals surface area (Å²) in [6, 6.07) is 6.28. The Labute approximate surface area is 94.7 Å². The summed E-state index contributed by atoms with van der Waals surface area (Å²) in [6.07, 6.45) is 0. The highest BCUT2D eigenvalue weighted by Gasteiger charge is 2.25. The van der Waals surface area contributed by atoms with Crippen LogP contribution in [0.4, 0.5) is 4.39 Å². The zero-order valence-electron chi connectivity index (χ0n) is 9.62. The summed E-state index contributed by atoms with van der Waals surface area (Å²) in [4.78, 5) is 11.9. The van der Waals surface area contributed by atoms with E-state index in [4.69, 9.17) is 5.26 Å². The molecule has 1 aromatic rings. The van der Waals surface area contributed by atoms with E-state index in [0.717, 1.165) is 5.56 Å². The van der Waals surface area contributed by atoms with Gasteiger partial charge in [-0.05, 0) is 25.0 Å². The quantitative estimate of drug-likeness (QED) is 0.733. The standard InChI is InChI=1S/C13H14FNO/c1-8(2)11(7-15)13(16)10-6-9(3)4-5-12(10)14/h4-6,8,11H,1-3H3. The molecule has 0 fully saturated rings. The Hall–Kier alpha value is -1.69. The number of Topliss-reactive ketones (excluding diaryl/α,β-unsaturated/α-hetero) is 1. The first-order valence-electron chi connectivity index (χ1n) is 5.17. The molecule has 1 rings (SSSR count). The van der Waals surface area contributed by atoms with Gasteiger partial charge < -0.3 is 0 Å². The number of rotatable bonds is 3. The highest BCUT2D eigenvalue weighted by Crippen LogP contribution is 2.19. The molecule has 0 aliphatic heterocycles. The summed E-state index contributed by atoms with van der Waals surface area (Å²) in [5, 5.41) is 8.90. The Morgan fingerprint density at radius 1 is 1.44 bits per heavy atom. The molecule has 3 heteroatoms. The molecule has 2 nitrogen and oxygen atoms in total. The van der Waals surface area contributed by atoms with Crippen LogP contribution in [0.3, 0.4) is 0 Å². The van der Waals surface area contributed by atoms with Crippen LogP contribution in [-0.2, 0) is 0 Å². The molecular weight excluding hydrogens is 205 g/mol. The lowest BCUT2D eigenvalue weighted by atomic mass is 9.88. The van der Waals surface area contributed by atoms with Gasteiger partial charge in [0.2, 0.25) is 0 Å². The number of nitriles is 1. The van der Waals surface area contributed by atoms with Gasteiger partial charge >= 0.3 is 0 Å². The van der Waals surface area contributed by atoms with Gasteiger partial charge in [0, 0.05) is 0 Å². The summed E-state index contributed by atoms with van der Waals surface area (Å²) in [5.41, 5.74) is 0.824. The molecule has 16 heavy (non-hydrogen) atoms. The van der Waals surface area contributed by atoms with Crippen LogP contribution >= 0.6 is 0 Å². The van der Waals surface area contributed by atoms with E-state index in [0.29, 0.717) is 0 Å². The first-order valence-corrected chi connectivity index (χ1v) is 5.17. The lowest BCUT2D eigenvalue weighted by Crippen LogP contribution is -2.19. The van der Waals surface area contributed by atoms with Crippen molar-refractivity contribution in [3.63, 3.8) is 0 Å². The number of aryl methyl sites for hydroxylation is 1. The van der Waals surface area contributed by atoms with Gasteiger partial charge in [-0.1, -0.05) is 25.5 Å². The molecule has 1 aromatic carbocycles. The first-order chi connectivity index (χ1) is 7.47. The summed E-state index contributed by atoms with van der Waals surface area (Å²) in [6.45, 7) is 5.34. The molecule has 0 aliphatic carbocycles. The Bertz CT molecular complexity index is 446. The highest BCUT2D eigenvalue weighted by atomic mass is 19.1. The topological polar surface area (TPSA) is 40.9 Å². The third kappa shape index (κ3) is 2.46. The minimum Gasteiger partial charge on any atom is -0.293 e. The van der Waals surface area contributed by atoms with E-state index in [1.807, 2.05) is 6.07 Å². The van der Waals surface area contributed by atoms with Crippen molar-refractivity contribution in [2.45, 2.75) is 20.8 Å².